The van der Waals surface area contributed by atoms with Crippen LogP contribution in [0.15, 0.2) is 54.6 Å². The molecule has 1 aliphatic rings. The summed E-state index contributed by atoms with van der Waals surface area (Å²) in [5.41, 5.74) is 12.9. The standard InChI is InChI=1S/C26H27F2N5O4/c1-36-13-3-5-22(34)32-12-2-4-18(15-32)33-25(29)23(26(30)35)24(31-33)16-6-9-19(10-7-16)37-21-11-8-17(27)14-20(21)28/h3,5-11,14,18H,2,4,12-13,15,29H2,1H3,(H2,30,35)/b5-3+. The molecule has 1 aromatic heterocycles. The van der Waals surface area contributed by atoms with Gasteiger partial charge in [0.1, 0.15) is 28.6 Å². The number of ether oxygens (including phenoxy) is 2. The van der Waals surface area contributed by atoms with Gasteiger partial charge in [0.25, 0.3) is 5.91 Å². The molecule has 1 saturated heterocycles. The Kier molecular flexibility index (Phi) is 7.83. The van der Waals surface area contributed by atoms with Gasteiger partial charge in [-0.05, 0) is 49.2 Å². The first-order valence-electron chi connectivity index (χ1n) is 11.6. The topological polar surface area (TPSA) is 126 Å². The van der Waals surface area contributed by atoms with Gasteiger partial charge in [-0.15, -0.1) is 0 Å². The molecule has 2 heterocycles. The van der Waals surface area contributed by atoms with Crippen LogP contribution < -0.4 is 16.2 Å². The molecule has 0 saturated carbocycles. The van der Waals surface area contributed by atoms with Gasteiger partial charge in [0.15, 0.2) is 11.6 Å². The Morgan fingerprint density at radius 3 is 2.62 bits per heavy atom. The zero-order valence-electron chi connectivity index (χ0n) is 20.2. The van der Waals surface area contributed by atoms with Crippen molar-refractivity contribution in [2.45, 2.75) is 18.9 Å². The summed E-state index contributed by atoms with van der Waals surface area (Å²) in [7, 11) is 1.55. The Bertz CT molecular complexity index is 1320. The highest BCUT2D eigenvalue weighted by Gasteiger charge is 2.29. The molecule has 0 bridgehead atoms. The number of primary amides is 1. The van der Waals surface area contributed by atoms with E-state index in [-0.39, 0.29) is 34.8 Å². The van der Waals surface area contributed by atoms with Crippen LogP contribution in [0, 0.1) is 11.6 Å². The van der Waals surface area contributed by atoms with Crippen molar-refractivity contribution in [1.29, 1.82) is 0 Å². The summed E-state index contributed by atoms with van der Waals surface area (Å²) in [5.74, 6) is -2.14. The molecule has 2 amide bonds. The number of methoxy groups -OCH3 is 1. The minimum atomic E-state index is -0.833. The fourth-order valence-corrected chi connectivity index (χ4v) is 4.24. The predicted molar refractivity (Wildman–Crippen MR) is 133 cm³/mol. The van der Waals surface area contributed by atoms with E-state index in [1.54, 1.807) is 47.0 Å². The van der Waals surface area contributed by atoms with Crippen molar-refractivity contribution in [3.8, 4) is 22.8 Å². The monoisotopic (exact) mass is 511 g/mol. The van der Waals surface area contributed by atoms with Crippen LogP contribution in [-0.2, 0) is 9.53 Å². The minimum Gasteiger partial charge on any atom is -0.454 e. The second kappa shape index (κ2) is 11.2. The number of nitrogen functional groups attached to an aromatic ring is 1. The lowest BCUT2D eigenvalue weighted by molar-refractivity contribution is -0.127. The summed E-state index contributed by atoms with van der Waals surface area (Å²) in [5, 5.41) is 4.60. The zero-order chi connectivity index (χ0) is 26.5. The molecule has 3 aromatic rings. The van der Waals surface area contributed by atoms with Gasteiger partial charge in [-0.3, -0.25) is 9.59 Å². The van der Waals surface area contributed by atoms with Gasteiger partial charge in [-0.2, -0.15) is 5.10 Å². The molecular formula is C26H27F2N5O4. The second-order valence-electron chi connectivity index (χ2n) is 8.56. The van der Waals surface area contributed by atoms with Crippen LogP contribution in [0.4, 0.5) is 14.6 Å². The Morgan fingerprint density at radius 2 is 1.95 bits per heavy atom. The van der Waals surface area contributed by atoms with Crippen molar-refractivity contribution in [2.24, 2.45) is 5.73 Å². The van der Waals surface area contributed by atoms with Crippen molar-refractivity contribution < 1.29 is 27.8 Å². The first kappa shape index (κ1) is 25.8. The Labute approximate surface area is 212 Å². The lowest BCUT2D eigenvalue weighted by atomic mass is 10.1. The molecule has 0 aliphatic carbocycles. The zero-order valence-corrected chi connectivity index (χ0v) is 20.2. The van der Waals surface area contributed by atoms with E-state index in [2.05, 4.69) is 5.10 Å². The lowest BCUT2D eigenvalue weighted by Gasteiger charge is -2.32. The van der Waals surface area contributed by atoms with Crippen LogP contribution in [0.1, 0.15) is 29.2 Å². The van der Waals surface area contributed by atoms with E-state index in [0.717, 1.165) is 18.6 Å². The van der Waals surface area contributed by atoms with Crippen LogP contribution in [0.25, 0.3) is 11.3 Å². The van der Waals surface area contributed by atoms with E-state index >= 15 is 0 Å². The number of hydrogen-bond acceptors (Lipinski definition) is 6. The fourth-order valence-electron chi connectivity index (χ4n) is 4.24. The van der Waals surface area contributed by atoms with Gasteiger partial charge in [0, 0.05) is 37.9 Å². The largest absolute Gasteiger partial charge is 0.454 e. The number of nitrogens with two attached hydrogens (primary N) is 2. The molecule has 4 N–H and O–H groups in total. The second-order valence-corrected chi connectivity index (χ2v) is 8.56. The van der Waals surface area contributed by atoms with Gasteiger partial charge in [0.2, 0.25) is 5.91 Å². The lowest BCUT2D eigenvalue weighted by Crippen LogP contribution is -2.40. The molecule has 4 rings (SSSR count). The van der Waals surface area contributed by atoms with Crippen molar-refractivity contribution in [2.75, 3.05) is 32.5 Å². The van der Waals surface area contributed by atoms with Crippen LogP contribution in [0.5, 0.6) is 11.5 Å². The number of nitrogens with zero attached hydrogens (tertiary/aromatic N) is 3. The van der Waals surface area contributed by atoms with Crippen LogP contribution >= 0.6 is 0 Å². The number of likely N-dealkylation sites (tertiary alicyclic amines) is 1. The maximum atomic E-state index is 13.9. The highest BCUT2D eigenvalue weighted by molar-refractivity contribution is 6.03. The Balaban J connectivity index is 1.58. The van der Waals surface area contributed by atoms with Crippen molar-refractivity contribution in [3.05, 3.63) is 71.8 Å². The average molecular weight is 512 g/mol. The Morgan fingerprint density at radius 1 is 1.19 bits per heavy atom. The summed E-state index contributed by atoms with van der Waals surface area (Å²) in [6.07, 6.45) is 4.57. The quantitative estimate of drug-likeness (QED) is 0.445. The van der Waals surface area contributed by atoms with Gasteiger partial charge in [-0.1, -0.05) is 6.08 Å². The number of anilines is 1. The van der Waals surface area contributed by atoms with Crippen molar-refractivity contribution >= 4 is 17.6 Å². The fraction of sp³-hybridized carbons (Fsp3) is 0.269. The molecule has 1 aliphatic heterocycles. The number of carbonyl (C=O) groups excluding carboxylic acids is 2. The molecule has 9 nitrogen and oxygen atoms in total. The Hall–Kier alpha value is -4.25. The van der Waals surface area contributed by atoms with Crippen LogP contribution in [0.2, 0.25) is 0 Å². The predicted octanol–water partition coefficient (Wildman–Crippen LogP) is 3.67. The average Bonchev–Trinajstić information content (AvgIpc) is 3.23. The molecule has 1 atom stereocenters. The number of aromatic nitrogens is 2. The first-order chi connectivity index (χ1) is 17.8. The first-order valence-corrected chi connectivity index (χ1v) is 11.6. The minimum absolute atomic E-state index is 0.0710. The number of hydrogen-bond donors (Lipinski definition) is 2. The summed E-state index contributed by atoms with van der Waals surface area (Å²) in [4.78, 5) is 26.5. The highest BCUT2D eigenvalue weighted by Crippen LogP contribution is 2.33. The maximum Gasteiger partial charge on any atom is 0.254 e. The summed E-state index contributed by atoms with van der Waals surface area (Å²) < 4.78 is 39.0. The number of halogens is 2. The molecule has 2 aromatic carbocycles. The number of carbonyl (C=O) groups is 2. The number of amides is 2. The molecular weight excluding hydrogens is 484 g/mol. The van der Waals surface area contributed by atoms with E-state index < -0.39 is 17.5 Å². The molecule has 1 fully saturated rings. The smallest absolute Gasteiger partial charge is 0.254 e. The highest BCUT2D eigenvalue weighted by atomic mass is 19.1. The van der Waals surface area contributed by atoms with E-state index in [1.165, 1.54) is 12.1 Å². The normalized spacial score (nSPS) is 15.8. The van der Waals surface area contributed by atoms with E-state index in [9.17, 15) is 18.4 Å². The SMILES string of the molecule is COC/C=C/C(=O)N1CCCC(n2nc(-c3ccc(Oc4ccc(F)cc4F)cc3)c(C(N)=O)c2N)C1. The summed E-state index contributed by atoms with van der Waals surface area (Å²) in [6.45, 7) is 1.30. The number of piperidine rings is 1. The molecule has 11 heteroatoms. The molecule has 0 spiro atoms. The number of rotatable bonds is 8. The molecule has 194 valence electrons. The number of benzene rings is 2. The summed E-state index contributed by atoms with van der Waals surface area (Å²) in [6, 6.07) is 9.16. The molecule has 37 heavy (non-hydrogen) atoms. The van der Waals surface area contributed by atoms with Gasteiger partial charge in [0.05, 0.1) is 12.6 Å². The van der Waals surface area contributed by atoms with E-state index in [0.29, 0.717) is 37.4 Å². The molecule has 0 radical (unpaired) electrons. The maximum absolute atomic E-state index is 13.9. The third-order valence-electron chi connectivity index (χ3n) is 6.02. The van der Waals surface area contributed by atoms with Gasteiger partial charge in [-0.25, -0.2) is 13.5 Å². The van der Waals surface area contributed by atoms with E-state index in [4.69, 9.17) is 20.9 Å². The van der Waals surface area contributed by atoms with E-state index in [1.807, 2.05) is 0 Å². The van der Waals surface area contributed by atoms with Gasteiger partial charge >= 0.3 is 0 Å². The van der Waals surface area contributed by atoms with Gasteiger partial charge < -0.3 is 25.8 Å². The van der Waals surface area contributed by atoms with Crippen LogP contribution in [-0.4, -0.2) is 53.3 Å². The third-order valence-corrected chi connectivity index (χ3v) is 6.02. The third kappa shape index (κ3) is 5.78. The van der Waals surface area contributed by atoms with Crippen molar-refractivity contribution in [3.63, 3.8) is 0 Å². The molecule has 1 unspecified atom stereocenters. The van der Waals surface area contributed by atoms with Crippen molar-refractivity contribution in [1.82, 2.24) is 14.7 Å². The van der Waals surface area contributed by atoms with Crippen LogP contribution in [0.3, 0.4) is 0 Å². The summed E-state index contributed by atoms with van der Waals surface area (Å²) >= 11 is 0.